The number of carbonyl (C=O) groups is 2. The molecule has 1 aromatic heterocycles. The van der Waals surface area contributed by atoms with Crippen LogP contribution in [0.1, 0.15) is 33.3 Å². The SMILES string of the molecule is CC(=O)c1cccc(Nc2ccc(C(=O)NCCc3ccccc3)nc2)c1. The summed E-state index contributed by atoms with van der Waals surface area (Å²) >= 11 is 0. The number of hydrogen-bond acceptors (Lipinski definition) is 4. The molecule has 2 N–H and O–H groups in total. The Balaban J connectivity index is 1.55. The first-order valence-electron chi connectivity index (χ1n) is 8.78. The molecule has 3 rings (SSSR count). The van der Waals surface area contributed by atoms with E-state index in [2.05, 4.69) is 15.6 Å². The van der Waals surface area contributed by atoms with Crippen molar-refractivity contribution in [1.82, 2.24) is 10.3 Å². The third kappa shape index (κ3) is 5.25. The Kier molecular flexibility index (Phi) is 5.94. The second-order valence-corrected chi connectivity index (χ2v) is 6.19. The van der Waals surface area contributed by atoms with E-state index in [4.69, 9.17) is 0 Å². The number of aromatic nitrogens is 1. The van der Waals surface area contributed by atoms with Gasteiger partial charge < -0.3 is 10.6 Å². The average Bonchev–Trinajstić information content (AvgIpc) is 2.69. The van der Waals surface area contributed by atoms with Crippen LogP contribution in [0.4, 0.5) is 11.4 Å². The topological polar surface area (TPSA) is 71.1 Å². The van der Waals surface area contributed by atoms with Gasteiger partial charge in [-0.1, -0.05) is 42.5 Å². The fourth-order valence-corrected chi connectivity index (χ4v) is 2.64. The zero-order valence-corrected chi connectivity index (χ0v) is 15.1. The van der Waals surface area contributed by atoms with Crippen LogP contribution in [0.15, 0.2) is 72.9 Å². The predicted octanol–water partition coefficient (Wildman–Crippen LogP) is 4.00. The van der Waals surface area contributed by atoms with E-state index >= 15 is 0 Å². The van der Waals surface area contributed by atoms with Crippen LogP contribution < -0.4 is 10.6 Å². The van der Waals surface area contributed by atoms with E-state index in [1.165, 1.54) is 12.5 Å². The fourth-order valence-electron chi connectivity index (χ4n) is 2.64. The average molecular weight is 359 g/mol. The zero-order valence-electron chi connectivity index (χ0n) is 15.1. The molecular weight excluding hydrogens is 338 g/mol. The molecule has 0 aliphatic carbocycles. The number of carbonyl (C=O) groups excluding carboxylic acids is 2. The van der Waals surface area contributed by atoms with Crippen molar-refractivity contribution in [1.29, 1.82) is 0 Å². The van der Waals surface area contributed by atoms with E-state index in [-0.39, 0.29) is 11.7 Å². The van der Waals surface area contributed by atoms with Gasteiger partial charge in [-0.2, -0.15) is 0 Å². The third-order valence-corrected chi connectivity index (χ3v) is 4.10. The zero-order chi connectivity index (χ0) is 19.1. The Morgan fingerprint density at radius 2 is 1.74 bits per heavy atom. The largest absolute Gasteiger partial charge is 0.354 e. The highest BCUT2D eigenvalue weighted by Crippen LogP contribution is 2.17. The van der Waals surface area contributed by atoms with Gasteiger partial charge in [0.05, 0.1) is 11.9 Å². The number of anilines is 2. The summed E-state index contributed by atoms with van der Waals surface area (Å²) in [6.45, 7) is 2.09. The van der Waals surface area contributed by atoms with Crippen LogP contribution in [0.5, 0.6) is 0 Å². The van der Waals surface area contributed by atoms with Crippen LogP contribution in [0.3, 0.4) is 0 Å². The van der Waals surface area contributed by atoms with Gasteiger partial charge in [0, 0.05) is 17.8 Å². The summed E-state index contributed by atoms with van der Waals surface area (Å²) < 4.78 is 0. The van der Waals surface area contributed by atoms with Crippen LogP contribution in [-0.2, 0) is 6.42 Å². The third-order valence-electron chi connectivity index (χ3n) is 4.10. The van der Waals surface area contributed by atoms with Gasteiger partial charge in [0.1, 0.15) is 5.69 Å². The molecule has 1 amide bonds. The molecule has 0 aliphatic rings. The van der Waals surface area contributed by atoms with Crippen molar-refractivity contribution in [2.45, 2.75) is 13.3 Å². The number of rotatable bonds is 7. The quantitative estimate of drug-likeness (QED) is 0.626. The lowest BCUT2D eigenvalue weighted by molar-refractivity contribution is 0.0948. The molecule has 0 spiro atoms. The monoisotopic (exact) mass is 359 g/mol. The van der Waals surface area contributed by atoms with Gasteiger partial charge in [0.15, 0.2) is 5.78 Å². The summed E-state index contributed by atoms with van der Waals surface area (Å²) in [6, 6.07) is 20.7. The first-order valence-corrected chi connectivity index (χ1v) is 8.78. The number of nitrogens with one attached hydrogen (secondary N) is 2. The normalized spacial score (nSPS) is 10.3. The maximum Gasteiger partial charge on any atom is 0.269 e. The van der Waals surface area contributed by atoms with Gasteiger partial charge in [0.2, 0.25) is 0 Å². The van der Waals surface area contributed by atoms with Crippen molar-refractivity contribution in [2.75, 3.05) is 11.9 Å². The molecule has 0 saturated carbocycles. The molecule has 0 unspecified atom stereocenters. The van der Waals surface area contributed by atoms with E-state index < -0.39 is 0 Å². The molecule has 0 bridgehead atoms. The van der Waals surface area contributed by atoms with E-state index in [0.29, 0.717) is 17.8 Å². The molecule has 3 aromatic rings. The number of benzene rings is 2. The van der Waals surface area contributed by atoms with Crippen LogP contribution >= 0.6 is 0 Å². The van der Waals surface area contributed by atoms with Crippen LogP contribution in [-0.4, -0.2) is 23.2 Å². The lowest BCUT2D eigenvalue weighted by Gasteiger charge is -2.08. The minimum absolute atomic E-state index is 0.0132. The second-order valence-electron chi connectivity index (χ2n) is 6.19. The van der Waals surface area contributed by atoms with Crippen molar-refractivity contribution in [3.63, 3.8) is 0 Å². The Labute approximate surface area is 158 Å². The summed E-state index contributed by atoms with van der Waals surface area (Å²) in [7, 11) is 0. The van der Waals surface area contributed by atoms with Crippen molar-refractivity contribution in [2.24, 2.45) is 0 Å². The molecule has 0 fully saturated rings. The van der Waals surface area contributed by atoms with Gasteiger partial charge in [0.25, 0.3) is 5.91 Å². The number of pyridine rings is 1. The molecule has 0 aliphatic heterocycles. The standard InChI is InChI=1S/C22H21N3O2/c1-16(26)18-8-5-9-19(14-18)25-20-10-11-21(24-15-20)22(27)23-13-12-17-6-3-2-4-7-17/h2-11,14-15,25H,12-13H2,1H3,(H,23,27). The Bertz CT molecular complexity index is 922. The van der Waals surface area contributed by atoms with E-state index in [1.807, 2.05) is 42.5 Å². The fraction of sp³-hybridized carbons (Fsp3) is 0.136. The van der Waals surface area contributed by atoms with Crippen molar-refractivity contribution >= 4 is 23.1 Å². The van der Waals surface area contributed by atoms with Crippen LogP contribution in [0.25, 0.3) is 0 Å². The number of ketones is 1. The van der Waals surface area contributed by atoms with Crippen LogP contribution in [0, 0.1) is 0 Å². The molecule has 2 aromatic carbocycles. The number of Topliss-reactive ketones (excluding diaryl/α,β-unsaturated/α-hetero) is 1. The van der Waals surface area contributed by atoms with Gasteiger partial charge in [-0.05, 0) is 43.2 Å². The van der Waals surface area contributed by atoms with Gasteiger partial charge >= 0.3 is 0 Å². The Morgan fingerprint density at radius 1 is 0.926 bits per heavy atom. The highest BCUT2D eigenvalue weighted by molar-refractivity contribution is 5.95. The summed E-state index contributed by atoms with van der Waals surface area (Å²) in [4.78, 5) is 27.9. The maximum atomic E-state index is 12.2. The molecule has 5 heteroatoms. The molecule has 1 heterocycles. The second kappa shape index (κ2) is 8.76. The number of hydrogen-bond donors (Lipinski definition) is 2. The minimum atomic E-state index is -0.198. The van der Waals surface area contributed by atoms with Crippen LogP contribution in [0.2, 0.25) is 0 Å². The first kappa shape index (κ1) is 18.3. The molecule has 0 saturated heterocycles. The van der Waals surface area contributed by atoms with Crippen molar-refractivity contribution in [3.05, 3.63) is 89.7 Å². The first-order chi connectivity index (χ1) is 13.1. The summed E-state index contributed by atoms with van der Waals surface area (Å²) in [5.41, 5.74) is 3.73. The molecular formula is C22H21N3O2. The Hall–Kier alpha value is -3.47. The van der Waals surface area contributed by atoms with Crippen molar-refractivity contribution < 1.29 is 9.59 Å². The summed E-state index contributed by atoms with van der Waals surface area (Å²) in [5, 5.41) is 6.06. The van der Waals surface area contributed by atoms with E-state index in [9.17, 15) is 9.59 Å². The van der Waals surface area contributed by atoms with Crippen molar-refractivity contribution in [3.8, 4) is 0 Å². The highest BCUT2D eigenvalue weighted by Gasteiger charge is 2.07. The summed E-state index contributed by atoms with van der Waals surface area (Å²) in [6.07, 6.45) is 2.38. The van der Waals surface area contributed by atoms with E-state index in [0.717, 1.165) is 17.8 Å². The Morgan fingerprint density at radius 3 is 2.44 bits per heavy atom. The lowest BCUT2D eigenvalue weighted by Crippen LogP contribution is -2.26. The maximum absolute atomic E-state index is 12.2. The molecule has 0 atom stereocenters. The van der Waals surface area contributed by atoms with Gasteiger partial charge in [-0.3, -0.25) is 9.59 Å². The van der Waals surface area contributed by atoms with Gasteiger partial charge in [-0.15, -0.1) is 0 Å². The lowest BCUT2D eigenvalue weighted by atomic mass is 10.1. The molecule has 5 nitrogen and oxygen atoms in total. The number of nitrogens with zero attached hydrogens (tertiary/aromatic N) is 1. The van der Waals surface area contributed by atoms with E-state index in [1.54, 1.807) is 30.5 Å². The molecule has 136 valence electrons. The highest BCUT2D eigenvalue weighted by atomic mass is 16.1. The number of amides is 1. The predicted molar refractivity (Wildman–Crippen MR) is 106 cm³/mol. The van der Waals surface area contributed by atoms with Gasteiger partial charge in [-0.25, -0.2) is 4.98 Å². The molecule has 0 radical (unpaired) electrons. The minimum Gasteiger partial charge on any atom is -0.354 e. The smallest absolute Gasteiger partial charge is 0.269 e. The summed E-state index contributed by atoms with van der Waals surface area (Å²) in [5.74, 6) is -0.185. The molecule has 27 heavy (non-hydrogen) atoms.